The van der Waals surface area contributed by atoms with Crippen molar-refractivity contribution in [3.8, 4) is 26.9 Å². The van der Waals surface area contributed by atoms with Crippen LogP contribution in [0.15, 0.2) is 85.3 Å². The number of hydrogen-bond acceptors (Lipinski definition) is 8. The molecule has 1 aromatic carbocycles. The van der Waals surface area contributed by atoms with Crippen molar-refractivity contribution in [2.45, 2.75) is 26.6 Å². The van der Waals surface area contributed by atoms with Gasteiger partial charge in [0.05, 0.1) is 40.3 Å². The molecule has 0 aliphatic heterocycles. The van der Waals surface area contributed by atoms with Gasteiger partial charge in [-0.2, -0.15) is 0 Å². The molecule has 196 valence electrons. The number of ether oxygens (including phenoxy) is 1. The normalized spacial score (nSPS) is 11.1. The number of carboxylic acid groups (broad SMARTS) is 1. The number of carboxylic acids is 1. The second-order valence-electron chi connectivity index (χ2n) is 9.08. The van der Waals surface area contributed by atoms with E-state index in [4.69, 9.17) is 9.72 Å². The summed E-state index contributed by atoms with van der Waals surface area (Å²) in [5.41, 5.74) is 5.68. The van der Waals surface area contributed by atoms with Crippen molar-refractivity contribution < 1.29 is 14.6 Å². The van der Waals surface area contributed by atoms with Crippen molar-refractivity contribution >= 4 is 17.3 Å². The summed E-state index contributed by atoms with van der Waals surface area (Å²) >= 11 is 1.59. The van der Waals surface area contributed by atoms with Crippen molar-refractivity contribution in [1.29, 1.82) is 0 Å². The van der Waals surface area contributed by atoms with E-state index in [1.165, 1.54) is 12.3 Å². The number of carbonyl (C=O) groups is 1. The largest absolute Gasteiger partial charge is 0.497 e. The van der Waals surface area contributed by atoms with Crippen molar-refractivity contribution in [3.05, 3.63) is 114 Å². The molecule has 9 heteroatoms. The van der Waals surface area contributed by atoms with Gasteiger partial charge in [0.25, 0.3) is 0 Å². The fraction of sp³-hybridized carbons (Fsp3) is 0.167. The molecule has 0 aliphatic carbocycles. The summed E-state index contributed by atoms with van der Waals surface area (Å²) in [4.78, 5) is 33.2. The number of aromatic nitrogens is 4. The molecule has 0 spiro atoms. The molecule has 8 nitrogen and oxygen atoms in total. The average Bonchev–Trinajstić information content (AvgIpc) is 3.44. The average molecular weight is 538 g/mol. The second-order valence-corrected chi connectivity index (χ2v) is 10.1. The van der Waals surface area contributed by atoms with E-state index in [0.717, 1.165) is 43.8 Å². The second kappa shape index (κ2) is 11.9. The summed E-state index contributed by atoms with van der Waals surface area (Å²) in [6, 6.07) is 21.0. The molecule has 0 atom stereocenters. The number of benzene rings is 1. The number of aromatic carboxylic acids is 1. The van der Waals surface area contributed by atoms with Gasteiger partial charge >= 0.3 is 5.97 Å². The zero-order chi connectivity index (χ0) is 27.2. The number of rotatable bonds is 10. The fourth-order valence-corrected chi connectivity index (χ4v) is 5.10. The molecule has 0 fully saturated rings. The zero-order valence-electron chi connectivity index (χ0n) is 21.6. The molecule has 5 rings (SSSR count). The van der Waals surface area contributed by atoms with Crippen LogP contribution < -0.4 is 4.74 Å². The summed E-state index contributed by atoms with van der Waals surface area (Å²) in [6.07, 6.45) is 5.20. The van der Waals surface area contributed by atoms with E-state index in [1.54, 1.807) is 30.7 Å². The Morgan fingerprint density at radius 1 is 0.897 bits per heavy atom. The summed E-state index contributed by atoms with van der Waals surface area (Å²) in [6.45, 7) is 3.57. The molecule has 0 unspecified atom stereocenters. The van der Waals surface area contributed by atoms with Crippen molar-refractivity contribution in [3.63, 3.8) is 0 Å². The van der Waals surface area contributed by atoms with E-state index in [2.05, 4.69) is 19.9 Å². The smallest absolute Gasteiger partial charge is 0.335 e. The lowest BCUT2D eigenvalue weighted by molar-refractivity contribution is 0.0696. The van der Waals surface area contributed by atoms with Crippen LogP contribution >= 0.6 is 11.3 Å². The monoisotopic (exact) mass is 537 g/mol. The Kier molecular flexibility index (Phi) is 8.00. The Morgan fingerprint density at radius 3 is 2.33 bits per heavy atom. The Labute approximate surface area is 230 Å². The highest BCUT2D eigenvalue weighted by Gasteiger charge is 2.15. The van der Waals surface area contributed by atoms with Crippen LogP contribution in [0.1, 0.15) is 33.0 Å². The highest BCUT2D eigenvalue weighted by atomic mass is 32.1. The molecule has 4 heterocycles. The van der Waals surface area contributed by atoms with E-state index in [1.807, 2.05) is 67.7 Å². The quantitative estimate of drug-likeness (QED) is 0.236. The highest BCUT2D eigenvalue weighted by Crippen LogP contribution is 2.32. The van der Waals surface area contributed by atoms with Gasteiger partial charge in [0.2, 0.25) is 0 Å². The van der Waals surface area contributed by atoms with E-state index in [0.29, 0.717) is 25.3 Å². The summed E-state index contributed by atoms with van der Waals surface area (Å²) in [5.74, 6) is -0.162. The van der Waals surface area contributed by atoms with Crippen LogP contribution in [0.2, 0.25) is 0 Å². The third-order valence-corrected chi connectivity index (χ3v) is 7.17. The third-order valence-electron chi connectivity index (χ3n) is 6.10. The maximum absolute atomic E-state index is 11.5. The molecule has 0 bridgehead atoms. The van der Waals surface area contributed by atoms with Gasteiger partial charge in [-0.25, -0.2) is 14.8 Å². The topological polar surface area (TPSA) is 101 Å². The number of thiazole rings is 1. The van der Waals surface area contributed by atoms with Crippen molar-refractivity contribution in [1.82, 2.24) is 24.8 Å². The summed E-state index contributed by atoms with van der Waals surface area (Å²) < 4.78 is 5.26. The van der Waals surface area contributed by atoms with Crippen molar-refractivity contribution in [2.75, 3.05) is 7.11 Å². The predicted molar refractivity (Wildman–Crippen MR) is 150 cm³/mol. The van der Waals surface area contributed by atoms with E-state index in [9.17, 15) is 9.90 Å². The molecule has 0 saturated carbocycles. The van der Waals surface area contributed by atoms with Crippen LogP contribution in [0.5, 0.6) is 5.75 Å². The minimum atomic E-state index is -0.975. The molecule has 4 aromatic heterocycles. The molecular formula is C30H27N5O3S. The van der Waals surface area contributed by atoms with Gasteiger partial charge in [-0.15, -0.1) is 11.3 Å². The van der Waals surface area contributed by atoms with E-state index >= 15 is 0 Å². The summed E-state index contributed by atoms with van der Waals surface area (Å²) in [5, 5.41) is 10.2. The van der Waals surface area contributed by atoms with Crippen LogP contribution in [0.4, 0.5) is 0 Å². The SMILES string of the molecule is COc1ccc(-c2cnc(-c3cccc(CN(Cc4cc(C)ccn4)Cc4cc(C(=O)O)ccn4)n3)s2)cc1. The lowest BCUT2D eigenvalue weighted by Crippen LogP contribution is -2.24. The predicted octanol–water partition coefficient (Wildman–Crippen LogP) is 5.88. The first-order chi connectivity index (χ1) is 19.0. The molecule has 0 radical (unpaired) electrons. The van der Waals surface area contributed by atoms with Crippen molar-refractivity contribution in [2.24, 2.45) is 0 Å². The molecule has 5 aromatic rings. The molecule has 0 saturated heterocycles. The molecule has 39 heavy (non-hydrogen) atoms. The maximum Gasteiger partial charge on any atom is 0.335 e. The van der Waals surface area contributed by atoms with Crippen LogP contribution in [0.3, 0.4) is 0 Å². The standard InChI is InChI=1S/C30H27N5O3S/c1-20-10-12-31-24(14-20)18-35(19-25-15-22(30(36)37)11-13-32-25)17-23-4-3-5-27(34-23)29-33-16-28(39-29)21-6-8-26(38-2)9-7-21/h3-16H,17-19H2,1-2H3,(H,36,37). The van der Waals surface area contributed by atoms with E-state index < -0.39 is 5.97 Å². The van der Waals surface area contributed by atoms with Gasteiger partial charge in [-0.3, -0.25) is 14.9 Å². The number of methoxy groups -OCH3 is 1. The number of aryl methyl sites for hydroxylation is 1. The maximum atomic E-state index is 11.5. The molecule has 0 amide bonds. The molecule has 1 N–H and O–H groups in total. The lowest BCUT2D eigenvalue weighted by atomic mass is 10.2. The first-order valence-corrected chi connectivity index (χ1v) is 13.2. The number of hydrogen-bond donors (Lipinski definition) is 1. The Bertz CT molecular complexity index is 1590. The van der Waals surface area contributed by atoms with Crippen LogP contribution in [-0.4, -0.2) is 43.0 Å². The lowest BCUT2D eigenvalue weighted by Gasteiger charge is -2.22. The number of nitrogens with zero attached hydrogens (tertiary/aromatic N) is 5. The zero-order valence-corrected chi connectivity index (χ0v) is 22.4. The summed E-state index contributed by atoms with van der Waals surface area (Å²) in [7, 11) is 1.65. The van der Waals surface area contributed by atoms with Gasteiger partial charge in [0.15, 0.2) is 0 Å². The Hall–Kier alpha value is -4.47. The Morgan fingerprint density at radius 2 is 1.62 bits per heavy atom. The van der Waals surface area contributed by atoms with Crippen LogP contribution in [0, 0.1) is 6.92 Å². The minimum absolute atomic E-state index is 0.213. The molecular weight excluding hydrogens is 510 g/mol. The Balaban J connectivity index is 1.38. The first-order valence-electron chi connectivity index (χ1n) is 12.4. The van der Waals surface area contributed by atoms with Gasteiger partial charge in [-0.05, 0) is 78.7 Å². The van der Waals surface area contributed by atoms with Crippen LogP contribution in [0.25, 0.3) is 21.1 Å². The van der Waals surface area contributed by atoms with Crippen LogP contribution in [-0.2, 0) is 19.6 Å². The molecule has 0 aliphatic rings. The first kappa shape index (κ1) is 26.1. The van der Waals surface area contributed by atoms with Gasteiger partial charge in [0, 0.05) is 38.2 Å². The van der Waals surface area contributed by atoms with Gasteiger partial charge in [0.1, 0.15) is 10.8 Å². The fourth-order valence-electron chi connectivity index (χ4n) is 4.21. The third kappa shape index (κ3) is 6.70. The van der Waals surface area contributed by atoms with E-state index in [-0.39, 0.29) is 5.56 Å². The number of pyridine rings is 3. The van der Waals surface area contributed by atoms with Gasteiger partial charge in [-0.1, -0.05) is 6.07 Å². The highest BCUT2D eigenvalue weighted by molar-refractivity contribution is 7.18. The van der Waals surface area contributed by atoms with Gasteiger partial charge < -0.3 is 9.84 Å². The minimum Gasteiger partial charge on any atom is -0.497 e.